The molecule has 0 fully saturated rings. The van der Waals surface area contributed by atoms with Gasteiger partial charge < -0.3 is 19.5 Å². The Morgan fingerprint density at radius 2 is 1.71 bits per heavy atom. The van der Waals surface area contributed by atoms with Gasteiger partial charge in [0.2, 0.25) is 0 Å². The second-order valence-corrected chi connectivity index (χ2v) is 10.00. The summed E-state index contributed by atoms with van der Waals surface area (Å²) in [6.45, 7) is 7.73. The summed E-state index contributed by atoms with van der Waals surface area (Å²) in [6, 6.07) is 15.0. The molecule has 0 aromatic heterocycles. The summed E-state index contributed by atoms with van der Waals surface area (Å²) in [4.78, 5) is 25.3. The molecule has 0 spiro atoms. The number of hydrogen-bond donors (Lipinski definition) is 1. The van der Waals surface area contributed by atoms with E-state index >= 15 is 0 Å². The average molecular weight is 542 g/mol. The fourth-order valence-electron chi connectivity index (χ4n) is 4.12. The van der Waals surface area contributed by atoms with E-state index in [9.17, 15) is 14.0 Å². The van der Waals surface area contributed by atoms with E-state index in [1.807, 2.05) is 13.8 Å². The summed E-state index contributed by atoms with van der Waals surface area (Å²) in [7, 11) is 1.25. The predicted octanol–water partition coefficient (Wildman–Crippen LogP) is 6.74. The summed E-state index contributed by atoms with van der Waals surface area (Å²) < 4.78 is 30.2. The van der Waals surface area contributed by atoms with Gasteiger partial charge in [-0.15, -0.1) is 0 Å². The number of aryl methyl sites for hydroxylation is 2. The molecule has 1 amide bonds. The van der Waals surface area contributed by atoms with E-state index in [4.69, 9.17) is 21.1 Å². The molecule has 3 rings (SSSR count). The highest BCUT2D eigenvalue weighted by molar-refractivity contribution is 6.31. The maximum Gasteiger partial charge on any atom is 0.343 e. The third kappa shape index (κ3) is 7.96. The molecule has 1 N–H and O–H groups in total. The molecule has 8 heteroatoms. The first-order valence-corrected chi connectivity index (χ1v) is 12.7. The highest BCUT2D eigenvalue weighted by atomic mass is 35.5. The van der Waals surface area contributed by atoms with Crippen LogP contribution in [0.15, 0.2) is 54.6 Å². The third-order valence-electron chi connectivity index (χ3n) is 5.87. The number of methoxy groups -OCH3 is 1. The molecular weight excluding hydrogens is 509 g/mol. The highest BCUT2D eigenvalue weighted by Gasteiger charge is 2.22. The lowest BCUT2D eigenvalue weighted by Crippen LogP contribution is -2.30. The summed E-state index contributed by atoms with van der Waals surface area (Å²) in [6.07, 6.45) is 0.717. The number of esters is 1. The number of carbonyl (C=O) groups excluding carboxylic acids is 2. The zero-order valence-electron chi connectivity index (χ0n) is 22.3. The van der Waals surface area contributed by atoms with Crippen LogP contribution < -0.4 is 14.8 Å². The van der Waals surface area contributed by atoms with E-state index in [1.165, 1.54) is 31.4 Å². The minimum absolute atomic E-state index is 0.131. The van der Waals surface area contributed by atoms with Gasteiger partial charge >= 0.3 is 5.97 Å². The molecule has 0 radical (unpaired) electrons. The first kappa shape index (κ1) is 29.0. The molecule has 0 aliphatic carbocycles. The Bertz CT molecular complexity index is 1250. The van der Waals surface area contributed by atoms with Gasteiger partial charge in [-0.3, -0.25) is 4.79 Å². The van der Waals surface area contributed by atoms with Gasteiger partial charge in [-0.05, 0) is 62.1 Å². The number of amides is 1. The molecule has 0 heterocycles. The van der Waals surface area contributed by atoms with Crippen molar-refractivity contribution in [1.82, 2.24) is 5.32 Å². The first-order chi connectivity index (χ1) is 18.1. The maximum atomic E-state index is 14.2. The van der Waals surface area contributed by atoms with Crippen LogP contribution in [-0.4, -0.2) is 25.6 Å². The van der Waals surface area contributed by atoms with Gasteiger partial charge in [0.25, 0.3) is 5.91 Å². The second kappa shape index (κ2) is 13.3. The number of nitrogens with one attached hydrogen (secondary N) is 1. The lowest BCUT2D eigenvalue weighted by atomic mass is 9.94. The smallest absolute Gasteiger partial charge is 0.343 e. The van der Waals surface area contributed by atoms with Crippen molar-refractivity contribution in [1.29, 1.82) is 0 Å². The van der Waals surface area contributed by atoms with E-state index in [0.717, 1.165) is 23.1 Å². The molecular formula is C30H33ClFNO5. The lowest BCUT2D eigenvalue weighted by molar-refractivity contribution is -0.142. The van der Waals surface area contributed by atoms with E-state index in [0.29, 0.717) is 11.7 Å². The Morgan fingerprint density at radius 3 is 2.34 bits per heavy atom. The molecule has 3 aromatic rings. The zero-order valence-corrected chi connectivity index (χ0v) is 23.0. The van der Waals surface area contributed by atoms with Crippen LogP contribution in [0.3, 0.4) is 0 Å². The van der Waals surface area contributed by atoms with Crippen molar-refractivity contribution < 1.29 is 28.2 Å². The van der Waals surface area contributed by atoms with E-state index in [-0.39, 0.29) is 41.2 Å². The van der Waals surface area contributed by atoms with E-state index in [1.54, 1.807) is 12.1 Å². The number of rotatable bonds is 11. The van der Waals surface area contributed by atoms with E-state index < -0.39 is 17.7 Å². The van der Waals surface area contributed by atoms with Crippen molar-refractivity contribution in [3.63, 3.8) is 0 Å². The third-order valence-corrected chi connectivity index (χ3v) is 6.23. The van der Waals surface area contributed by atoms with Crippen molar-refractivity contribution in [2.45, 2.75) is 46.8 Å². The molecule has 0 bridgehead atoms. The van der Waals surface area contributed by atoms with Crippen LogP contribution in [0.1, 0.15) is 58.9 Å². The van der Waals surface area contributed by atoms with Crippen LogP contribution in [0.2, 0.25) is 5.02 Å². The van der Waals surface area contributed by atoms with Crippen molar-refractivity contribution in [2.75, 3.05) is 13.7 Å². The first-order valence-electron chi connectivity index (χ1n) is 12.4. The number of hydrogen-bond acceptors (Lipinski definition) is 5. The predicted molar refractivity (Wildman–Crippen MR) is 145 cm³/mol. The number of halogens is 2. The van der Waals surface area contributed by atoms with Crippen LogP contribution in [0.25, 0.3) is 0 Å². The fraction of sp³-hybridized carbons (Fsp3) is 0.333. The second-order valence-electron chi connectivity index (χ2n) is 9.59. The summed E-state index contributed by atoms with van der Waals surface area (Å²) in [5.74, 6) is -0.655. The monoisotopic (exact) mass is 541 g/mol. The normalized spacial score (nSPS) is 11.7. The van der Waals surface area contributed by atoms with Crippen LogP contribution in [0, 0.1) is 25.6 Å². The lowest BCUT2D eigenvalue weighted by Gasteiger charge is -2.23. The molecule has 1 unspecified atom stereocenters. The van der Waals surface area contributed by atoms with Crippen molar-refractivity contribution >= 4 is 23.5 Å². The molecule has 3 aromatic carbocycles. The van der Waals surface area contributed by atoms with Crippen molar-refractivity contribution in [3.05, 3.63) is 93.3 Å². The molecule has 38 heavy (non-hydrogen) atoms. The SMILES string of the molecule is COC(=O)COc1ccc(OCc2c(F)cccc2Cl)cc1C(=O)NC(CC(C)C)c1cc(C)cc(C)c1. The minimum atomic E-state index is -0.584. The van der Waals surface area contributed by atoms with Crippen LogP contribution >= 0.6 is 11.6 Å². The van der Waals surface area contributed by atoms with Crippen LogP contribution in [-0.2, 0) is 16.1 Å². The largest absolute Gasteiger partial charge is 0.489 e. The minimum Gasteiger partial charge on any atom is -0.489 e. The van der Waals surface area contributed by atoms with Crippen LogP contribution in [0.4, 0.5) is 4.39 Å². The number of carbonyl (C=O) groups is 2. The highest BCUT2D eigenvalue weighted by Crippen LogP contribution is 2.29. The number of benzene rings is 3. The van der Waals surface area contributed by atoms with Gasteiger partial charge in [-0.1, -0.05) is 60.8 Å². The Balaban J connectivity index is 1.91. The zero-order chi connectivity index (χ0) is 27.8. The summed E-state index contributed by atoms with van der Waals surface area (Å²) in [5.41, 5.74) is 3.59. The molecule has 0 aliphatic rings. The standard InChI is InChI=1S/C30H33ClFNO5/c1-18(2)11-27(21-13-19(3)12-20(4)14-21)33-30(35)23-15-22(9-10-28(23)38-17-29(34)36-5)37-16-24-25(31)7-6-8-26(24)32/h6-10,12-15,18,27H,11,16-17H2,1-5H3,(H,33,35). The van der Waals surface area contributed by atoms with Crippen molar-refractivity contribution in [3.8, 4) is 11.5 Å². The molecule has 0 aliphatic heterocycles. The van der Waals surface area contributed by atoms with Gasteiger partial charge in [0, 0.05) is 5.56 Å². The Kier molecular flexibility index (Phi) is 10.1. The number of ether oxygens (including phenoxy) is 3. The Morgan fingerprint density at radius 1 is 1.00 bits per heavy atom. The van der Waals surface area contributed by atoms with Gasteiger partial charge in [-0.2, -0.15) is 0 Å². The quantitative estimate of drug-likeness (QED) is 0.272. The topological polar surface area (TPSA) is 73.9 Å². The van der Waals surface area contributed by atoms with Gasteiger partial charge in [0.15, 0.2) is 6.61 Å². The van der Waals surface area contributed by atoms with Gasteiger partial charge in [-0.25, -0.2) is 9.18 Å². The molecule has 0 saturated carbocycles. The van der Waals surface area contributed by atoms with Crippen molar-refractivity contribution in [2.24, 2.45) is 5.92 Å². The molecule has 0 saturated heterocycles. The van der Waals surface area contributed by atoms with E-state index in [2.05, 4.69) is 42.1 Å². The molecule has 1 atom stereocenters. The Labute approximate surface area is 228 Å². The summed E-state index contributed by atoms with van der Waals surface area (Å²) >= 11 is 6.12. The molecule has 6 nitrogen and oxygen atoms in total. The summed E-state index contributed by atoms with van der Waals surface area (Å²) in [5, 5.41) is 3.37. The van der Waals surface area contributed by atoms with Crippen LogP contribution in [0.5, 0.6) is 11.5 Å². The Hall–Kier alpha value is -3.58. The molecule has 202 valence electrons. The maximum absolute atomic E-state index is 14.2. The van der Waals surface area contributed by atoms with Gasteiger partial charge in [0.05, 0.1) is 23.7 Å². The fourth-order valence-corrected chi connectivity index (χ4v) is 4.34. The van der Waals surface area contributed by atoms with Gasteiger partial charge in [0.1, 0.15) is 23.9 Å². The average Bonchev–Trinajstić information content (AvgIpc) is 2.86.